The lowest BCUT2D eigenvalue weighted by atomic mass is 9.56. The number of imide groups is 2. The van der Waals surface area contributed by atoms with Crippen LogP contribution < -0.4 is 4.90 Å². The van der Waals surface area contributed by atoms with Gasteiger partial charge in [0.05, 0.1) is 28.7 Å². The number of aryl methyl sites for hydroxylation is 2. The Kier molecular flexibility index (Phi) is 7.01. The molecule has 4 amide bonds. The van der Waals surface area contributed by atoms with Gasteiger partial charge in [-0.1, -0.05) is 23.8 Å². The number of fused-ring (bicyclic) bond motifs is 4. The Labute approximate surface area is 267 Å². The number of phenolic OH excluding ortho intramolecular Hbond substituents is 1. The Morgan fingerprint density at radius 2 is 1.37 bits per heavy atom. The summed E-state index contributed by atoms with van der Waals surface area (Å²) in [5, 5.41) is 10.4. The summed E-state index contributed by atoms with van der Waals surface area (Å²) in [4.78, 5) is 51.8. The number of amides is 4. The molecule has 15 heteroatoms. The highest BCUT2D eigenvalue weighted by Gasteiger charge is 2.76. The van der Waals surface area contributed by atoms with Crippen LogP contribution in [-0.4, -0.2) is 50.4 Å². The van der Waals surface area contributed by atoms with E-state index in [2.05, 4.69) is 0 Å². The molecule has 1 N–H and O–H groups in total. The molecule has 2 heterocycles. The van der Waals surface area contributed by atoms with E-state index in [-0.39, 0.29) is 18.2 Å². The van der Waals surface area contributed by atoms with Gasteiger partial charge in [-0.2, -0.15) is 26.3 Å². The van der Waals surface area contributed by atoms with Crippen molar-refractivity contribution < 1.29 is 50.6 Å². The quantitative estimate of drug-likeness (QED) is 0.175. The monoisotopic (exact) mass is 688 g/mol. The first-order valence-corrected chi connectivity index (χ1v) is 14.8. The van der Waals surface area contributed by atoms with Gasteiger partial charge in [0.2, 0.25) is 11.8 Å². The molecule has 4 aliphatic rings. The van der Waals surface area contributed by atoms with Crippen molar-refractivity contribution in [2.45, 2.75) is 54.7 Å². The maximum atomic E-state index is 14.1. The molecule has 3 fully saturated rings. The number of likely N-dealkylation sites (tertiary alicyclic amines) is 1. The minimum Gasteiger partial charge on any atom is -0.507 e. The normalized spacial score (nSPS) is 31.2. The molecular formula is C31H24Cl2F6N2O5. The zero-order valence-corrected chi connectivity index (χ0v) is 25.7. The van der Waals surface area contributed by atoms with E-state index in [0.717, 1.165) is 4.90 Å². The first kappa shape index (κ1) is 32.4. The lowest BCUT2D eigenvalue weighted by Crippen LogP contribution is -2.60. The number of phenols is 1. The highest BCUT2D eigenvalue weighted by atomic mass is 35.5. The Balaban J connectivity index is 1.51. The van der Waals surface area contributed by atoms with E-state index in [4.69, 9.17) is 23.2 Å². The fourth-order valence-electron chi connectivity index (χ4n) is 7.60. The van der Waals surface area contributed by atoms with Gasteiger partial charge >= 0.3 is 12.4 Å². The lowest BCUT2D eigenvalue weighted by Gasteiger charge is -2.51. The van der Waals surface area contributed by atoms with Gasteiger partial charge in [-0.3, -0.25) is 24.1 Å². The molecule has 0 radical (unpaired) electrons. The van der Waals surface area contributed by atoms with Crippen molar-refractivity contribution in [2.24, 2.45) is 17.8 Å². The Morgan fingerprint density at radius 3 is 1.89 bits per heavy atom. The molecule has 2 aliphatic heterocycles. The van der Waals surface area contributed by atoms with E-state index in [0.29, 0.717) is 39.3 Å². The third-order valence-electron chi connectivity index (χ3n) is 9.69. The smallest absolute Gasteiger partial charge is 0.416 e. The van der Waals surface area contributed by atoms with E-state index >= 15 is 0 Å². The predicted octanol–water partition coefficient (Wildman–Crippen LogP) is 6.24. The maximum Gasteiger partial charge on any atom is 0.416 e. The molecule has 2 aromatic carbocycles. The number of anilines is 1. The SMILES string of the molecule is Cc1cc(C2C3=CCC4C(=O)N(c5cc(C(F)(F)F)cc(C(F)(F)F)c5)C(=O)C4C3CC3(Cl)C(=O)N(C)C(=O)C23Cl)cc(C)c1O. The topological polar surface area (TPSA) is 95.0 Å². The van der Waals surface area contributed by atoms with Crippen LogP contribution in [0, 0.1) is 31.6 Å². The lowest BCUT2D eigenvalue weighted by molar-refractivity contribution is -0.143. The summed E-state index contributed by atoms with van der Waals surface area (Å²) < 4.78 is 81.9. The van der Waals surface area contributed by atoms with E-state index in [1.807, 2.05) is 0 Å². The molecule has 2 aromatic rings. The number of hydrogen-bond donors (Lipinski definition) is 1. The van der Waals surface area contributed by atoms with Gasteiger partial charge in [0.1, 0.15) is 5.75 Å². The van der Waals surface area contributed by atoms with Gasteiger partial charge in [0.15, 0.2) is 9.75 Å². The highest BCUT2D eigenvalue weighted by molar-refractivity contribution is 6.53. The molecule has 1 saturated carbocycles. The molecule has 0 aromatic heterocycles. The van der Waals surface area contributed by atoms with Crippen LogP contribution in [0.1, 0.15) is 46.6 Å². The van der Waals surface area contributed by atoms with Crippen molar-refractivity contribution in [1.82, 2.24) is 4.90 Å². The first-order valence-electron chi connectivity index (χ1n) is 14.0. The summed E-state index contributed by atoms with van der Waals surface area (Å²) in [7, 11) is 1.19. The molecule has 244 valence electrons. The predicted molar refractivity (Wildman–Crippen MR) is 152 cm³/mol. The molecular weight excluding hydrogens is 665 g/mol. The van der Waals surface area contributed by atoms with Crippen LogP contribution in [0.2, 0.25) is 0 Å². The van der Waals surface area contributed by atoms with Crippen molar-refractivity contribution in [3.63, 3.8) is 0 Å². The molecule has 2 aliphatic carbocycles. The fourth-order valence-corrected chi connectivity index (χ4v) is 8.62. The van der Waals surface area contributed by atoms with Gasteiger partial charge in [-0.25, -0.2) is 4.90 Å². The standard InChI is InChI=1S/C31H24Cl2F6N2O5/c1-12-6-14(7-13(2)23(12)42)22-18-4-5-19-21(20(18)11-28(32)26(45)40(3)27(46)29(22,28)33)25(44)41(24(19)43)17-9-15(30(34,35)36)8-16(10-17)31(37,38)39/h4,6-10,19-22,42H,5,11H2,1-3H3. The van der Waals surface area contributed by atoms with Gasteiger partial charge in [0, 0.05) is 13.0 Å². The Morgan fingerprint density at radius 1 is 0.826 bits per heavy atom. The Hall–Kier alpha value is -3.58. The van der Waals surface area contributed by atoms with Crippen LogP contribution in [0.25, 0.3) is 0 Å². The average Bonchev–Trinajstić information content (AvgIpc) is 3.29. The van der Waals surface area contributed by atoms with Crippen LogP contribution in [0.5, 0.6) is 5.75 Å². The largest absolute Gasteiger partial charge is 0.507 e. The number of nitrogens with zero attached hydrogens (tertiary/aromatic N) is 2. The zero-order chi connectivity index (χ0) is 34.0. The summed E-state index contributed by atoms with van der Waals surface area (Å²) >= 11 is 14.2. The number of halogens is 8. The van der Waals surface area contributed by atoms with E-state index in [1.54, 1.807) is 32.1 Å². The third-order valence-corrected chi connectivity index (χ3v) is 11.1. The fraction of sp³-hybridized carbons (Fsp3) is 0.419. The summed E-state index contributed by atoms with van der Waals surface area (Å²) in [6.45, 7) is 3.20. The molecule has 6 atom stereocenters. The van der Waals surface area contributed by atoms with Crippen molar-refractivity contribution in [1.29, 1.82) is 0 Å². The number of allylic oxidation sites excluding steroid dienone is 2. The number of alkyl halides is 8. The molecule has 2 saturated heterocycles. The van der Waals surface area contributed by atoms with Gasteiger partial charge in [-0.15, -0.1) is 23.2 Å². The van der Waals surface area contributed by atoms with E-state index in [9.17, 15) is 50.6 Å². The second kappa shape index (κ2) is 9.96. The molecule has 0 bridgehead atoms. The number of aromatic hydroxyl groups is 1. The molecule has 0 spiro atoms. The number of rotatable bonds is 2. The van der Waals surface area contributed by atoms with E-state index in [1.165, 1.54) is 7.05 Å². The van der Waals surface area contributed by atoms with Crippen LogP contribution >= 0.6 is 23.2 Å². The second-order valence-corrected chi connectivity index (χ2v) is 13.5. The van der Waals surface area contributed by atoms with Gasteiger partial charge in [-0.05, 0) is 67.5 Å². The Bertz CT molecular complexity index is 1740. The number of carbonyl (C=O) groups excluding carboxylic acids is 4. The summed E-state index contributed by atoms with van der Waals surface area (Å²) in [6, 6.07) is 3.61. The van der Waals surface area contributed by atoms with Crippen LogP contribution in [0.3, 0.4) is 0 Å². The zero-order valence-electron chi connectivity index (χ0n) is 24.2. The first-order chi connectivity index (χ1) is 21.1. The molecule has 6 rings (SSSR count). The van der Waals surface area contributed by atoms with Crippen LogP contribution in [-0.2, 0) is 31.5 Å². The number of benzene rings is 2. The van der Waals surface area contributed by atoms with Crippen molar-refractivity contribution in [3.8, 4) is 5.75 Å². The van der Waals surface area contributed by atoms with Crippen LogP contribution in [0.15, 0.2) is 42.0 Å². The molecule has 6 unspecified atom stereocenters. The summed E-state index contributed by atoms with van der Waals surface area (Å²) in [5.74, 6) is -8.56. The van der Waals surface area contributed by atoms with Crippen molar-refractivity contribution in [3.05, 3.63) is 69.8 Å². The number of carbonyl (C=O) groups is 4. The minimum absolute atomic E-state index is 0.0352. The van der Waals surface area contributed by atoms with Gasteiger partial charge < -0.3 is 5.11 Å². The third kappa shape index (κ3) is 4.26. The summed E-state index contributed by atoms with van der Waals surface area (Å²) in [6.07, 6.45) is -9.45. The van der Waals surface area contributed by atoms with Crippen molar-refractivity contribution >= 4 is 52.5 Å². The molecule has 7 nitrogen and oxygen atoms in total. The van der Waals surface area contributed by atoms with Gasteiger partial charge in [0.25, 0.3) is 11.8 Å². The molecule has 46 heavy (non-hydrogen) atoms. The van der Waals surface area contributed by atoms with Crippen LogP contribution in [0.4, 0.5) is 32.0 Å². The second-order valence-electron chi connectivity index (χ2n) is 12.3. The maximum absolute atomic E-state index is 14.1. The minimum atomic E-state index is -5.23. The number of hydrogen-bond acceptors (Lipinski definition) is 5. The highest BCUT2D eigenvalue weighted by Crippen LogP contribution is 2.65. The van der Waals surface area contributed by atoms with E-state index < -0.39 is 92.6 Å². The summed E-state index contributed by atoms with van der Waals surface area (Å²) in [5.41, 5.74) is -2.75. The van der Waals surface area contributed by atoms with Crippen molar-refractivity contribution in [2.75, 3.05) is 11.9 Å². The average molecular weight is 689 g/mol.